The number of thioether (sulfide) groups is 1. The number of para-hydroxylation sites is 2. The Labute approximate surface area is 153 Å². The molecule has 0 atom stereocenters. The first-order chi connectivity index (χ1) is 10.3. The third-order valence-corrected chi connectivity index (χ3v) is 4.32. The summed E-state index contributed by atoms with van der Waals surface area (Å²) in [5.74, 6) is 1.98. The van der Waals surface area contributed by atoms with Crippen LogP contribution in [0.1, 0.15) is 5.82 Å². The molecule has 1 N–H and O–H groups in total. The van der Waals surface area contributed by atoms with Crippen LogP contribution in [0.4, 0.5) is 0 Å². The molecule has 128 valence electrons. The standard InChI is InChI=1S/C15H20N4OS.2ClH/c1-21-11-14-17-12-4-2-3-5-13(12)19(14)10-15(20)18-8-6-16-7-9-18;;/h2-5,16H,6-11H2,1H3;2*1H. The second-order valence-corrected chi connectivity index (χ2v) is 6.03. The second-order valence-electron chi connectivity index (χ2n) is 5.17. The summed E-state index contributed by atoms with van der Waals surface area (Å²) < 4.78 is 2.07. The minimum atomic E-state index is 0. The van der Waals surface area contributed by atoms with Gasteiger partial charge in [-0.1, -0.05) is 12.1 Å². The van der Waals surface area contributed by atoms with E-state index in [4.69, 9.17) is 0 Å². The Morgan fingerprint density at radius 2 is 1.96 bits per heavy atom. The quantitative estimate of drug-likeness (QED) is 0.888. The Morgan fingerprint density at radius 1 is 1.26 bits per heavy atom. The molecule has 1 saturated heterocycles. The van der Waals surface area contributed by atoms with E-state index in [0.717, 1.165) is 48.8 Å². The summed E-state index contributed by atoms with van der Waals surface area (Å²) in [5, 5.41) is 3.27. The lowest BCUT2D eigenvalue weighted by atomic mass is 10.3. The van der Waals surface area contributed by atoms with Gasteiger partial charge in [0.15, 0.2) is 0 Å². The SMILES string of the molecule is CSCc1nc2ccccc2n1CC(=O)N1CCNCC1.Cl.Cl. The van der Waals surface area contributed by atoms with Gasteiger partial charge < -0.3 is 14.8 Å². The highest BCUT2D eigenvalue weighted by atomic mass is 35.5. The van der Waals surface area contributed by atoms with E-state index in [1.165, 1.54) is 0 Å². The number of hydrogen-bond donors (Lipinski definition) is 1. The number of carbonyl (C=O) groups excluding carboxylic acids is 1. The van der Waals surface area contributed by atoms with Gasteiger partial charge in [-0.15, -0.1) is 24.8 Å². The fourth-order valence-corrected chi connectivity index (χ4v) is 3.17. The zero-order chi connectivity index (χ0) is 14.7. The molecule has 1 amide bonds. The van der Waals surface area contributed by atoms with Crippen LogP contribution in [-0.2, 0) is 17.1 Å². The van der Waals surface area contributed by atoms with Crippen LogP contribution in [0.2, 0.25) is 0 Å². The fraction of sp³-hybridized carbons (Fsp3) is 0.467. The maximum atomic E-state index is 12.5. The van der Waals surface area contributed by atoms with Crippen molar-refractivity contribution in [1.29, 1.82) is 0 Å². The average Bonchev–Trinajstić information content (AvgIpc) is 2.86. The van der Waals surface area contributed by atoms with Gasteiger partial charge in [-0.3, -0.25) is 4.79 Å². The number of benzene rings is 1. The van der Waals surface area contributed by atoms with Gasteiger partial charge in [0.25, 0.3) is 0 Å². The van der Waals surface area contributed by atoms with Crippen LogP contribution >= 0.6 is 36.6 Å². The smallest absolute Gasteiger partial charge is 0.242 e. The monoisotopic (exact) mass is 376 g/mol. The third kappa shape index (κ3) is 4.53. The molecule has 1 aromatic heterocycles. The van der Waals surface area contributed by atoms with Gasteiger partial charge >= 0.3 is 0 Å². The predicted molar refractivity (Wildman–Crippen MR) is 101 cm³/mol. The number of fused-ring (bicyclic) bond motifs is 1. The van der Waals surface area contributed by atoms with Crippen molar-refractivity contribution in [2.45, 2.75) is 12.3 Å². The van der Waals surface area contributed by atoms with Crippen molar-refractivity contribution in [2.24, 2.45) is 0 Å². The number of nitrogens with zero attached hydrogens (tertiary/aromatic N) is 3. The summed E-state index contributed by atoms with van der Waals surface area (Å²) in [5.41, 5.74) is 2.01. The molecule has 1 aromatic carbocycles. The van der Waals surface area contributed by atoms with Gasteiger partial charge in [0, 0.05) is 26.2 Å². The Balaban J connectivity index is 0.00000132. The van der Waals surface area contributed by atoms with Crippen molar-refractivity contribution in [2.75, 3.05) is 32.4 Å². The van der Waals surface area contributed by atoms with E-state index in [0.29, 0.717) is 6.54 Å². The zero-order valence-corrected chi connectivity index (χ0v) is 15.5. The fourth-order valence-electron chi connectivity index (χ4n) is 2.69. The molecule has 0 radical (unpaired) electrons. The molecule has 0 bridgehead atoms. The maximum absolute atomic E-state index is 12.5. The van der Waals surface area contributed by atoms with E-state index >= 15 is 0 Å². The molecule has 1 aliphatic heterocycles. The number of carbonyl (C=O) groups is 1. The number of hydrogen-bond acceptors (Lipinski definition) is 4. The zero-order valence-electron chi connectivity index (χ0n) is 13.0. The molecule has 1 fully saturated rings. The molecule has 23 heavy (non-hydrogen) atoms. The summed E-state index contributed by atoms with van der Waals surface area (Å²) in [4.78, 5) is 19.1. The van der Waals surface area contributed by atoms with Crippen molar-refractivity contribution < 1.29 is 4.79 Å². The van der Waals surface area contributed by atoms with Gasteiger partial charge in [0.1, 0.15) is 12.4 Å². The van der Waals surface area contributed by atoms with Gasteiger partial charge in [-0.25, -0.2) is 4.98 Å². The number of piperazine rings is 1. The van der Waals surface area contributed by atoms with Crippen LogP contribution in [0.5, 0.6) is 0 Å². The lowest BCUT2D eigenvalue weighted by Gasteiger charge is -2.27. The summed E-state index contributed by atoms with van der Waals surface area (Å²) in [6, 6.07) is 8.03. The number of halogens is 2. The predicted octanol–water partition coefficient (Wildman–Crippen LogP) is 2.17. The molecular weight excluding hydrogens is 355 g/mol. The molecule has 0 spiro atoms. The number of rotatable bonds is 4. The summed E-state index contributed by atoms with van der Waals surface area (Å²) in [7, 11) is 0. The second kappa shape index (κ2) is 9.37. The topological polar surface area (TPSA) is 50.2 Å². The summed E-state index contributed by atoms with van der Waals surface area (Å²) in [6.07, 6.45) is 2.06. The van der Waals surface area contributed by atoms with Crippen LogP contribution in [-0.4, -0.2) is 52.8 Å². The van der Waals surface area contributed by atoms with Crippen molar-refractivity contribution in [3.63, 3.8) is 0 Å². The van der Waals surface area contributed by atoms with Crippen LogP contribution in [0, 0.1) is 0 Å². The largest absolute Gasteiger partial charge is 0.339 e. The molecule has 3 rings (SSSR count). The van der Waals surface area contributed by atoms with Crippen LogP contribution < -0.4 is 5.32 Å². The van der Waals surface area contributed by atoms with Gasteiger partial charge in [-0.2, -0.15) is 11.8 Å². The number of amides is 1. The number of imidazole rings is 1. The molecule has 0 saturated carbocycles. The summed E-state index contributed by atoms with van der Waals surface area (Å²) >= 11 is 1.73. The van der Waals surface area contributed by atoms with E-state index in [2.05, 4.69) is 21.1 Å². The normalized spacial score (nSPS) is 14.2. The van der Waals surface area contributed by atoms with Crippen molar-refractivity contribution in [3.8, 4) is 0 Å². The third-order valence-electron chi connectivity index (χ3n) is 3.77. The van der Waals surface area contributed by atoms with Gasteiger partial charge in [-0.05, 0) is 18.4 Å². The van der Waals surface area contributed by atoms with E-state index in [1.54, 1.807) is 11.8 Å². The highest BCUT2D eigenvalue weighted by Gasteiger charge is 2.19. The van der Waals surface area contributed by atoms with E-state index < -0.39 is 0 Å². The van der Waals surface area contributed by atoms with Crippen LogP contribution in [0.15, 0.2) is 24.3 Å². The van der Waals surface area contributed by atoms with E-state index in [-0.39, 0.29) is 30.7 Å². The summed E-state index contributed by atoms with van der Waals surface area (Å²) in [6.45, 7) is 3.74. The molecule has 0 unspecified atom stereocenters. The number of nitrogens with one attached hydrogen (secondary N) is 1. The first kappa shape index (κ1) is 20.1. The lowest BCUT2D eigenvalue weighted by molar-refractivity contribution is -0.132. The van der Waals surface area contributed by atoms with Crippen LogP contribution in [0.3, 0.4) is 0 Å². The molecule has 2 heterocycles. The molecular formula is C15H22Cl2N4OS. The van der Waals surface area contributed by atoms with E-state index in [1.807, 2.05) is 29.2 Å². The average molecular weight is 377 g/mol. The van der Waals surface area contributed by atoms with Gasteiger partial charge in [0.2, 0.25) is 5.91 Å². The van der Waals surface area contributed by atoms with Crippen molar-refractivity contribution >= 4 is 53.5 Å². The molecule has 0 aliphatic carbocycles. The highest BCUT2D eigenvalue weighted by Crippen LogP contribution is 2.19. The Morgan fingerprint density at radius 3 is 2.65 bits per heavy atom. The first-order valence-electron chi connectivity index (χ1n) is 7.21. The first-order valence-corrected chi connectivity index (χ1v) is 8.60. The van der Waals surface area contributed by atoms with Crippen LogP contribution in [0.25, 0.3) is 11.0 Å². The van der Waals surface area contributed by atoms with Crippen molar-refractivity contribution in [1.82, 2.24) is 19.8 Å². The lowest BCUT2D eigenvalue weighted by Crippen LogP contribution is -2.47. The molecule has 5 nitrogen and oxygen atoms in total. The molecule has 1 aliphatic rings. The van der Waals surface area contributed by atoms with Crippen molar-refractivity contribution in [3.05, 3.63) is 30.1 Å². The maximum Gasteiger partial charge on any atom is 0.242 e. The van der Waals surface area contributed by atoms with E-state index in [9.17, 15) is 4.79 Å². The Hall–Kier alpha value is -0.950. The molecule has 2 aromatic rings. The minimum absolute atomic E-state index is 0. The molecule has 8 heteroatoms. The van der Waals surface area contributed by atoms with Gasteiger partial charge in [0.05, 0.1) is 16.8 Å². The Kier molecular flexibility index (Phi) is 8.19. The number of aromatic nitrogens is 2. The highest BCUT2D eigenvalue weighted by molar-refractivity contribution is 7.97. The Bertz CT molecular complexity index is 643. The minimum Gasteiger partial charge on any atom is -0.339 e.